The van der Waals surface area contributed by atoms with Crippen LogP contribution in [0.2, 0.25) is 5.02 Å². The average Bonchev–Trinajstić information content (AvgIpc) is 3.04. The Labute approximate surface area is 156 Å². The summed E-state index contributed by atoms with van der Waals surface area (Å²) in [6.45, 7) is 5.14. The lowest BCUT2D eigenvalue weighted by Gasteiger charge is -2.18. The number of rotatable bonds is 5. The third kappa shape index (κ3) is 4.04. The van der Waals surface area contributed by atoms with Crippen LogP contribution in [0.1, 0.15) is 29.3 Å². The third-order valence-corrected chi connectivity index (χ3v) is 4.54. The number of aryl methyl sites for hydroxylation is 1. The molecule has 1 saturated heterocycles. The van der Waals surface area contributed by atoms with E-state index in [2.05, 4.69) is 20.6 Å². The lowest BCUT2D eigenvalue weighted by molar-refractivity contribution is 0.0782. The molecule has 0 saturated carbocycles. The Morgan fingerprint density at radius 2 is 2.27 bits per heavy atom. The number of nitrogens with zero attached hydrogens (tertiary/aromatic N) is 3. The van der Waals surface area contributed by atoms with Gasteiger partial charge in [-0.1, -0.05) is 11.6 Å². The summed E-state index contributed by atoms with van der Waals surface area (Å²) >= 11 is 6.35. The smallest absolute Gasteiger partial charge is 0.254 e. The number of hydrogen-bond donors (Lipinski definition) is 2. The molecule has 0 aliphatic carbocycles. The fraction of sp³-hybridized carbons (Fsp3) is 0.389. The Balaban J connectivity index is 1.81. The molecular weight excluding hydrogens is 357 g/mol. The molecule has 0 radical (unpaired) electrons. The standard InChI is InChI=1S/C18H21ClFN5O/c1-3-21-16-4-6-22-18(24-16)23-15-8-11(2)13(9-14(15)19)17(26)25-7-5-12(20)10-25/h4,6,8-9,12H,3,5,7,10H2,1-2H3,(H2,21,22,23,24)/t12-/m0/s1. The molecule has 0 unspecified atom stereocenters. The van der Waals surface area contributed by atoms with Gasteiger partial charge in [-0.25, -0.2) is 9.37 Å². The summed E-state index contributed by atoms with van der Waals surface area (Å²) in [6.07, 6.45) is 1.08. The van der Waals surface area contributed by atoms with Gasteiger partial charge in [0.2, 0.25) is 5.95 Å². The molecule has 26 heavy (non-hydrogen) atoms. The minimum atomic E-state index is -0.947. The van der Waals surface area contributed by atoms with E-state index in [0.29, 0.717) is 41.0 Å². The van der Waals surface area contributed by atoms with Crippen molar-refractivity contribution in [3.8, 4) is 0 Å². The molecule has 2 N–H and O–H groups in total. The molecular formula is C18H21ClFN5O. The highest BCUT2D eigenvalue weighted by molar-refractivity contribution is 6.33. The van der Waals surface area contributed by atoms with E-state index in [9.17, 15) is 9.18 Å². The zero-order chi connectivity index (χ0) is 18.7. The highest BCUT2D eigenvalue weighted by Crippen LogP contribution is 2.29. The van der Waals surface area contributed by atoms with E-state index in [4.69, 9.17) is 11.6 Å². The maximum atomic E-state index is 13.4. The first kappa shape index (κ1) is 18.4. The summed E-state index contributed by atoms with van der Waals surface area (Å²) in [5.41, 5.74) is 1.85. The molecule has 138 valence electrons. The first-order valence-corrected chi connectivity index (χ1v) is 8.93. The van der Waals surface area contributed by atoms with Gasteiger partial charge >= 0.3 is 0 Å². The second-order valence-corrected chi connectivity index (χ2v) is 6.61. The molecule has 2 heterocycles. The van der Waals surface area contributed by atoms with Crippen molar-refractivity contribution in [3.63, 3.8) is 0 Å². The lowest BCUT2D eigenvalue weighted by atomic mass is 10.1. The predicted octanol–water partition coefficient (Wildman–Crippen LogP) is 3.80. The first-order valence-electron chi connectivity index (χ1n) is 8.55. The van der Waals surface area contributed by atoms with Gasteiger partial charge < -0.3 is 15.5 Å². The second-order valence-electron chi connectivity index (χ2n) is 6.20. The van der Waals surface area contributed by atoms with Gasteiger partial charge in [0.05, 0.1) is 17.3 Å². The number of alkyl halides is 1. The minimum absolute atomic E-state index is 0.140. The number of hydrogen-bond acceptors (Lipinski definition) is 5. The van der Waals surface area contributed by atoms with Crippen molar-refractivity contribution >= 4 is 35.0 Å². The van der Waals surface area contributed by atoms with E-state index in [1.54, 1.807) is 24.4 Å². The van der Waals surface area contributed by atoms with Gasteiger partial charge in [-0.05, 0) is 44.0 Å². The van der Waals surface area contributed by atoms with E-state index in [1.165, 1.54) is 4.90 Å². The number of halogens is 2. The van der Waals surface area contributed by atoms with Gasteiger partial charge in [0, 0.05) is 24.8 Å². The van der Waals surface area contributed by atoms with Gasteiger partial charge in [0.25, 0.3) is 5.91 Å². The fourth-order valence-electron chi connectivity index (χ4n) is 2.90. The highest BCUT2D eigenvalue weighted by atomic mass is 35.5. The number of anilines is 3. The number of benzene rings is 1. The van der Waals surface area contributed by atoms with Crippen LogP contribution in [0.15, 0.2) is 24.4 Å². The van der Waals surface area contributed by atoms with Crippen LogP contribution >= 0.6 is 11.6 Å². The molecule has 2 aromatic rings. The predicted molar refractivity (Wildman–Crippen MR) is 101 cm³/mol. The Morgan fingerprint density at radius 1 is 1.46 bits per heavy atom. The van der Waals surface area contributed by atoms with Crippen molar-refractivity contribution in [1.29, 1.82) is 0 Å². The number of nitrogens with one attached hydrogen (secondary N) is 2. The molecule has 1 fully saturated rings. The van der Waals surface area contributed by atoms with Gasteiger partial charge in [-0.15, -0.1) is 0 Å². The summed E-state index contributed by atoms with van der Waals surface area (Å²) in [6, 6.07) is 5.17. The number of amides is 1. The molecule has 1 aromatic heterocycles. The van der Waals surface area contributed by atoms with Crippen LogP contribution in [0.3, 0.4) is 0 Å². The van der Waals surface area contributed by atoms with Crippen molar-refractivity contribution < 1.29 is 9.18 Å². The number of carbonyl (C=O) groups is 1. The summed E-state index contributed by atoms with van der Waals surface area (Å²) in [5.74, 6) is 0.921. The van der Waals surface area contributed by atoms with Gasteiger partial charge in [0.1, 0.15) is 12.0 Å². The molecule has 6 nitrogen and oxygen atoms in total. The molecule has 1 aromatic carbocycles. The van der Waals surface area contributed by atoms with Crippen molar-refractivity contribution in [2.45, 2.75) is 26.4 Å². The van der Waals surface area contributed by atoms with Gasteiger partial charge in [-0.2, -0.15) is 4.98 Å². The van der Waals surface area contributed by atoms with Crippen LogP contribution in [0.5, 0.6) is 0 Å². The quantitative estimate of drug-likeness (QED) is 0.829. The zero-order valence-electron chi connectivity index (χ0n) is 14.7. The topological polar surface area (TPSA) is 70.2 Å². The summed E-state index contributed by atoms with van der Waals surface area (Å²) < 4.78 is 13.4. The molecule has 3 rings (SSSR count). The maximum absolute atomic E-state index is 13.4. The summed E-state index contributed by atoms with van der Waals surface area (Å²) in [4.78, 5) is 22.7. The first-order chi connectivity index (χ1) is 12.5. The Bertz CT molecular complexity index is 816. The number of aromatic nitrogens is 2. The Kier molecular flexibility index (Phi) is 5.56. The Hall–Kier alpha value is -2.41. The number of carbonyl (C=O) groups excluding carboxylic acids is 1. The average molecular weight is 378 g/mol. The van der Waals surface area contributed by atoms with E-state index in [-0.39, 0.29) is 12.5 Å². The molecule has 1 atom stereocenters. The van der Waals surface area contributed by atoms with E-state index in [1.807, 2.05) is 13.8 Å². The monoisotopic (exact) mass is 377 g/mol. The van der Waals surface area contributed by atoms with E-state index >= 15 is 0 Å². The summed E-state index contributed by atoms with van der Waals surface area (Å²) in [5, 5.41) is 6.57. The fourth-order valence-corrected chi connectivity index (χ4v) is 3.11. The van der Waals surface area contributed by atoms with Crippen molar-refractivity contribution in [2.75, 3.05) is 30.3 Å². The largest absolute Gasteiger partial charge is 0.370 e. The molecule has 8 heteroatoms. The van der Waals surface area contributed by atoms with Crippen LogP contribution in [0.25, 0.3) is 0 Å². The van der Waals surface area contributed by atoms with Crippen molar-refractivity contribution in [3.05, 3.63) is 40.5 Å². The van der Waals surface area contributed by atoms with Crippen LogP contribution in [-0.4, -0.2) is 46.6 Å². The third-order valence-electron chi connectivity index (χ3n) is 4.22. The molecule has 1 aliphatic rings. The van der Waals surface area contributed by atoms with Crippen LogP contribution in [-0.2, 0) is 0 Å². The highest BCUT2D eigenvalue weighted by Gasteiger charge is 2.27. The van der Waals surface area contributed by atoms with Crippen LogP contribution in [0.4, 0.5) is 21.8 Å². The van der Waals surface area contributed by atoms with Crippen molar-refractivity contribution in [2.24, 2.45) is 0 Å². The SMILES string of the molecule is CCNc1ccnc(Nc2cc(C)c(C(=O)N3CC[C@H](F)C3)cc2Cl)n1. The van der Waals surface area contributed by atoms with Crippen LogP contribution in [0, 0.1) is 6.92 Å². The lowest BCUT2D eigenvalue weighted by Crippen LogP contribution is -2.29. The number of likely N-dealkylation sites (tertiary alicyclic amines) is 1. The minimum Gasteiger partial charge on any atom is -0.370 e. The Morgan fingerprint density at radius 3 is 2.96 bits per heavy atom. The van der Waals surface area contributed by atoms with Gasteiger partial charge in [-0.3, -0.25) is 4.79 Å². The normalized spacial score (nSPS) is 16.6. The molecule has 1 amide bonds. The summed E-state index contributed by atoms with van der Waals surface area (Å²) in [7, 11) is 0. The van der Waals surface area contributed by atoms with Crippen LogP contribution < -0.4 is 10.6 Å². The van der Waals surface area contributed by atoms with E-state index in [0.717, 1.165) is 12.1 Å². The molecule has 0 bridgehead atoms. The van der Waals surface area contributed by atoms with E-state index < -0.39 is 6.17 Å². The maximum Gasteiger partial charge on any atom is 0.254 e. The molecule has 1 aliphatic heterocycles. The van der Waals surface area contributed by atoms with Crippen molar-refractivity contribution in [1.82, 2.24) is 14.9 Å². The zero-order valence-corrected chi connectivity index (χ0v) is 15.5. The van der Waals surface area contributed by atoms with Gasteiger partial charge in [0.15, 0.2) is 0 Å². The second kappa shape index (κ2) is 7.86. The molecule has 0 spiro atoms.